The number of rotatable bonds is 3. The normalized spacial score (nSPS) is 19.6. The molecule has 1 atom stereocenters. The molecule has 1 aliphatic heterocycles. The highest BCUT2D eigenvalue weighted by Gasteiger charge is 2.27. The lowest BCUT2D eigenvalue weighted by molar-refractivity contribution is 0.0784. The van der Waals surface area contributed by atoms with Gasteiger partial charge in [0.05, 0.1) is 10.6 Å². The maximum absolute atomic E-state index is 12.2. The molecule has 1 fully saturated rings. The van der Waals surface area contributed by atoms with Crippen LogP contribution in [-0.2, 0) is 0 Å². The summed E-state index contributed by atoms with van der Waals surface area (Å²) in [5, 5.41) is 9.32. The summed E-state index contributed by atoms with van der Waals surface area (Å²) in [6.07, 6.45) is 4.77. The Bertz CT molecular complexity index is 411. The second-order valence-electron chi connectivity index (χ2n) is 4.27. The van der Waals surface area contributed by atoms with E-state index in [9.17, 15) is 4.79 Å². The van der Waals surface area contributed by atoms with Gasteiger partial charge in [-0.15, -0.1) is 0 Å². The first-order valence-electron chi connectivity index (χ1n) is 5.72. The Labute approximate surface area is 105 Å². The number of carbonyl (C=O) groups excluding carboxylic acids is 1. The number of pyridine rings is 1. The number of amides is 1. The molecule has 92 valence electrons. The fourth-order valence-electron chi connectivity index (χ4n) is 2.14. The SMILES string of the molecule is O=C(c1cnccc1Cl)N1CCC(CCO)C1. The van der Waals surface area contributed by atoms with Crippen LogP contribution in [0.2, 0.25) is 5.02 Å². The van der Waals surface area contributed by atoms with Gasteiger partial charge in [0.25, 0.3) is 5.91 Å². The van der Waals surface area contributed by atoms with E-state index in [1.54, 1.807) is 17.2 Å². The average molecular weight is 255 g/mol. The van der Waals surface area contributed by atoms with Gasteiger partial charge in [-0.05, 0) is 24.8 Å². The molecule has 1 amide bonds. The second kappa shape index (κ2) is 5.47. The fourth-order valence-corrected chi connectivity index (χ4v) is 2.33. The molecule has 1 unspecified atom stereocenters. The fraction of sp³-hybridized carbons (Fsp3) is 0.500. The molecule has 4 nitrogen and oxygen atoms in total. The van der Waals surface area contributed by atoms with E-state index in [-0.39, 0.29) is 12.5 Å². The van der Waals surface area contributed by atoms with Crippen molar-refractivity contribution >= 4 is 17.5 Å². The Morgan fingerprint density at radius 3 is 3.18 bits per heavy atom. The molecule has 0 bridgehead atoms. The van der Waals surface area contributed by atoms with Crippen molar-refractivity contribution in [2.24, 2.45) is 5.92 Å². The molecule has 17 heavy (non-hydrogen) atoms. The Morgan fingerprint density at radius 2 is 2.47 bits per heavy atom. The van der Waals surface area contributed by atoms with Gasteiger partial charge in [-0.25, -0.2) is 0 Å². The molecule has 0 radical (unpaired) electrons. The first kappa shape index (κ1) is 12.3. The van der Waals surface area contributed by atoms with Gasteiger partial charge in [0.2, 0.25) is 0 Å². The van der Waals surface area contributed by atoms with Crippen molar-refractivity contribution in [3.05, 3.63) is 29.0 Å². The van der Waals surface area contributed by atoms with Gasteiger partial charge in [0, 0.05) is 32.1 Å². The van der Waals surface area contributed by atoms with Gasteiger partial charge in [0.1, 0.15) is 0 Å². The predicted octanol–water partition coefficient (Wildman–Crippen LogP) is 1.58. The van der Waals surface area contributed by atoms with E-state index < -0.39 is 0 Å². The van der Waals surface area contributed by atoms with Gasteiger partial charge in [-0.3, -0.25) is 9.78 Å². The highest BCUT2D eigenvalue weighted by molar-refractivity contribution is 6.33. The lowest BCUT2D eigenvalue weighted by atomic mass is 10.1. The number of halogens is 1. The zero-order valence-electron chi connectivity index (χ0n) is 9.47. The summed E-state index contributed by atoms with van der Waals surface area (Å²) < 4.78 is 0. The molecule has 0 saturated carbocycles. The summed E-state index contributed by atoms with van der Waals surface area (Å²) in [5.41, 5.74) is 0.457. The smallest absolute Gasteiger partial charge is 0.256 e. The van der Waals surface area contributed by atoms with Crippen LogP contribution in [0.4, 0.5) is 0 Å². The second-order valence-corrected chi connectivity index (χ2v) is 4.68. The van der Waals surface area contributed by atoms with Crippen LogP contribution >= 0.6 is 11.6 Å². The van der Waals surface area contributed by atoms with Crippen molar-refractivity contribution in [2.75, 3.05) is 19.7 Å². The Kier molecular flexibility index (Phi) is 3.97. The molecule has 1 aliphatic rings. The summed E-state index contributed by atoms with van der Waals surface area (Å²) >= 11 is 5.97. The van der Waals surface area contributed by atoms with Gasteiger partial charge < -0.3 is 10.0 Å². The van der Waals surface area contributed by atoms with Crippen LogP contribution in [0.25, 0.3) is 0 Å². The molecule has 0 aromatic carbocycles. The highest BCUT2D eigenvalue weighted by Crippen LogP contribution is 2.23. The van der Waals surface area contributed by atoms with Crippen molar-refractivity contribution < 1.29 is 9.90 Å². The van der Waals surface area contributed by atoms with Crippen molar-refractivity contribution in [1.82, 2.24) is 9.88 Å². The van der Waals surface area contributed by atoms with Crippen LogP contribution in [-0.4, -0.2) is 40.6 Å². The predicted molar refractivity (Wildman–Crippen MR) is 65.0 cm³/mol. The summed E-state index contributed by atoms with van der Waals surface area (Å²) in [5.74, 6) is 0.336. The van der Waals surface area contributed by atoms with E-state index in [2.05, 4.69) is 4.98 Å². The standard InChI is InChI=1S/C12H15ClN2O2/c13-11-1-4-14-7-10(11)12(17)15-5-2-9(8-15)3-6-16/h1,4,7,9,16H,2-3,5-6,8H2. The van der Waals surface area contributed by atoms with Gasteiger partial charge in [-0.2, -0.15) is 0 Å². The Morgan fingerprint density at radius 1 is 1.65 bits per heavy atom. The largest absolute Gasteiger partial charge is 0.396 e. The van der Waals surface area contributed by atoms with Crippen LogP contribution in [0.3, 0.4) is 0 Å². The third-order valence-electron chi connectivity index (χ3n) is 3.11. The molecular formula is C12H15ClN2O2. The number of nitrogens with zero attached hydrogens (tertiary/aromatic N) is 2. The summed E-state index contributed by atoms with van der Waals surface area (Å²) in [6.45, 7) is 1.61. The van der Waals surface area contributed by atoms with Gasteiger partial charge in [-0.1, -0.05) is 11.6 Å². The van der Waals surface area contributed by atoms with Crippen LogP contribution in [0.5, 0.6) is 0 Å². The quantitative estimate of drug-likeness (QED) is 0.891. The Hall–Kier alpha value is -1.13. The van der Waals surface area contributed by atoms with Crippen molar-refractivity contribution in [3.8, 4) is 0 Å². The van der Waals surface area contributed by atoms with E-state index in [4.69, 9.17) is 16.7 Å². The molecule has 0 aliphatic carbocycles. The van der Waals surface area contributed by atoms with E-state index in [0.717, 1.165) is 19.4 Å². The maximum Gasteiger partial charge on any atom is 0.256 e. The third kappa shape index (κ3) is 2.76. The minimum absolute atomic E-state index is 0.0662. The van der Waals surface area contributed by atoms with E-state index in [1.807, 2.05) is 0 Å². The van der Waals surface area contributed by atoms with Crippen LogP contribution in [0.15, 0.2) is 18.5 Å². The van der Waals surface area contributed by atoms with Gasteiger partial charge in [0.15, 0.2) is 0 Å². The van der Waals surface area contributed by atoms with Crippen LogP contribution < -0.4 is 0 Å². The lowest BCUT2D eigenvalue weighted by Crippen LogP contribution is -2.29. The van der Waals surface area contributed by atoms with E-state index >= 15 is 0 Å². The molecule has 5 heteroatoms. The number of likely N-dealkylation sites (tertiary alicyclic amines) is 1. The molecule has 1 aromatic rings. The Balaban J connectivity index is 2.05. The first-order valence-corrected chi connectivity index (χ1v) is 6.10. The topological polar surface area (TPSA) is 53.4 Å². The van der Waals surface area contributed by atoms with Crippen molar-refractivity contribution in [2.45, 2.75) is 12.8 Å². The third-order valence-corrected chi connectivity index (χ3v) is 3.44. The average Bonchev–Trinajstić information content (AvgIpc) is 2.78. The van der Waals surface area contributed by atoms with Crippen LogP contribution in [0.1, 0.15) is 23.2 Å². The lowest BCUT2D eigenvalue weighted by Gasteiger charge is -2.16. The molecular weight excluding hydrogens is 240 g/mol. The van der Waals surface area contributed by atoms with Crippen molar-refractivity contribution in [1.29, 1.82) is 0 Å². The zero-order valence-corrected chi connectivity index (χ0v) is 10.2. The summed E-state index contributed by atoms with van der Waals surface area (Å²) in [6, 6.07) is 1.62. The maximum atomic E-state index is 12.2. The minimum atomic E-state index is -0.0662. The molecule has 1 N–H and O–H groups in total. The number of aliphatic hydroxyl groups is 1. The number of aliphatic hydroxyl groups excluding tert-OH is 1. The molecule has 2 rings (SSSR count). The zero-order chi connectivity index (χ0) is 12.3. The highest BCUT2D eigenvalue weighted by atomic mass is 35.5. The molecule has 0 spiro atoms. The molecule has 1 saturated heterocycles. The summed E-state index contributed by atoms with van der Waals surface area (Å²) in [7, 11) is 0. The van der Waals surface area contributed by atoms with E-state index in [0.29, 0.717) is 23.0 Å². The first-order chi connectivity index (χ1) is 8.22. The monoisotopic (exact) mass is 254 g/mol. The summed E-state index contributed by atoms with van der Waals surface area (Å²) in [4.78, 5) is 17.9. The van der Waals surface area contributed by atoms with E-state index in [1.165, 1.54) is 6.20 Å². The minimum Gasteiger partial charge on any atom is -0.396 e. The number of carbonyl (C=O) groups is 1. The van der Waals surface area contributed by atoms with Crippen molar-refractivity contribution in [3.63, 3.8) is 0 Å². The van der Waals surface area contributed by atoms with Crippen LogP contribution in [0, 0.1) is 5.92 Å². The molecule has 2 heterocycles. The number of hydrogen-bond acceptors (Lipinski definition) is 3. The number of aromatic nitrogens is 1. The molecule has 1 aromatic heterocycles. The van der Waals surface area contributed by atoms with Gasteiger partial charge >= 0.3 is 0 Å². The number of hydrogen-bond donors (Lipinski definition) is 1.